The number of benzene rings is 2. The fraction of sp³-hybridized carbons (Fsp3) is 0.296. The molecular formula is C27H25NO6. The predicted octanol–water partition coefficient (Wildman–Crippen LogP) is 4.51. The molecule has 2 aromatic carbocycles. The van der Waals surface area contributed by atoms with Crippen molar-refractivity contribution < 1.29 is 28.3 Å². The number of hydrogen-bond acceptors (Lipinski definition) is 6. The van der Waals surface area contributed by atoms with E-state index in [1.54, 1.807) is 37.3 Å². The molecule has 2 saturated heterocycles. The van der Waals surface area contributed by atoms with Crippen LogP contribution in [0.15, 0.2) is 71.1 Å². The van der Waals surface area contributed by atoms with Crippen molar-refractivity contribution >= 4 is 17.5 Å². The number of carbonyl (C=O) groups is 3. The second-order valence-corrected chi connectivity index (χ2v) is 8.64. The molecule has 1 amide bonds. The standard InChI is InChI=1S/C27H25NO6/c1-17-12-13-22(33-17)25(29)23-24(28(27(31)26(23)30)16-21-11-6-14-32-21)18-7-5-10-20(15-18)34-19-8-3-2-4-9-19/h2-5,7-10,12-13,15,21,23-24H,6,11,14,16H2,1H3. The molecule has 0 aliphatic carbocycles. The molecule has 0 spiro atoms. The predicted molar refractivity (Wildman–Crippen MR) is 123 cm³/mol. The largest absolute Gasteiger partial charge is 0.458 e. The van der Waals surface area contributed by atoms with Crippen LogP contribution in [0.1, 0.15) is 40.8 Å². The van der Waals surface area contributed by atoms with Gasteiger partial charge < -0.3 is 18.8 Å². The second-order valence-electron chi connectivity index (χ2n) is 8.64. The number of rotatable bonds is 7. The number of amides is 1. The van der Waals surface area contributed by atoms with Crippen molar-refractivity contribution in [3.8, 4) is 11.5 Å². The van der Waals surface area contributed by atoms with E-state index in [-0.39, 0.29) is 18.4 Å². The van der Waals surface area contributed by atoms with Gasteiger partial charge in [0.25, 0.3) is 5.91 Å². The molecule has 3 atom stereocenters. The van der Waals surface area contributed by atoms with Crippen molar-refractivity contribution in [3.63, 3.8) is 0 Å². The summed E-state index contributed by atoms with van der Waals surface area (Å²) in [5, 5.41) is 0. The molecular weight excluding hydrogens is 434 g/mol. The molecule has 3 aromatic rings. The van der Waals surface area contributed by atoms with Gasteiger partial charge in [0, 0.05) is 13.2 Å². The van der Waals surface area contributed by atoms with Crippen LogP contribution in [-0.4, -0.2) is 41.6 Å². The van der Waals surface area contributed by atoms with Crippen LogP contribution in [0, 0.1) is 12.8 Å². The van der Waals surface area contributed by atoms with Gasteiger partial charge in [-0.3, -0.25) is 14.4 Å². The zero-order chi connectivity index (χ0) is 23.7. The molecule has 7 nitrogen and oxygen atoms in total. The molecule has 0 saturated carbocycles. The monoisotopic (exact) mass is 459 g/mol. The number of hydrogen-bond donors (Lipinski definition) is 0. The summed E-state index contributed by atoms with van der Waals surface area (Å²) in [4.78, 5) is 41.1. The number of furan rings is 1. The highest BCUT2D eigenvalue weighted by Crippen LogP contribution is 2.40. The Labute approximate surface area is 197 Å². The minimum Gasteiger partial charge on any atom is -0.458 e. The summed E-state index contributed by atoms with van der Waals surface area (Å²) in [7, 11) is 0. The first-order valence-electron chi connectivity index (χ1n) is 11.4. The lowest BCUT2D eigenvalue weighted by atomic mass is 9.88. The number of aryl methyl sites for hydroxylation is 1. The summed E-state index contributed by atoms with van der Waals surface area (Å²) in [6, 6.07) is 18.9. The maximum absolute atomic E-state index is 13.4. The third-order valence-electron chi connectivity index (χ3n) is 6.27. The van der Waals surface area contributed by atoms with E-state index in [1.807, 2.05) is 36.4 Å². The lowest BCUT2D eigenvalue weighted by Gasteiger charge is -2.29. The summed E-state index contributed by atoms with van der Waals surface area (Å²) in [6.45, 7) is 2.60. The Morgan fingerprint density at radius 3 is 2.53 bits per heavy atom. The maximum atomic E-state index is 13.4. The second kappa shape index (κ2) is 9.27. The Bertz CT molecular complexity index is 1210. The third kappa shape index (κ3) is 4.26. The molecule has 2 fully saturated rings. The minimum atomic E-state index is -1.20. The minimum absolute atomic E-state index is 0.0734. The van der Waals surface area contributed by atoms with Crippen molar-refractivity contribution in [2.75, 3.05) is 13.2 Å². The Balaban J connectivity index is 1.52. The molecule has 5 rings (SSSR count). The van der Waals surface area contributed by atoms with E-state index < -0.39 is 29.4 Å². The van der Waals surface area contributed by atoms with Gasteiger partial charge in [-0.15, -0.1) is 0 Å². The summed E-state index contributed by atoms with van der Waals surface area (Å²) in [5.74, 6) is -1.25. The lowest BCUT2D eigenvalue weighted by Crippen LogP contribution is -2.36. The number of carbonyl (C=O) groups excluding carboxylic acids is 3. The topological polar surface area (TPSA) is 86.1 Å². The molecule has 0 radical (unpaired) electrons. The Morgan fingerprint density at radius 1 is 1.03 bits per heavy atom. The van der Waals surface area contributed by atoms with Crippen molar-refractivity contribution in [2.45, 2.75) is 31.9 Å². The fourth-order valence-corrected chi connectivity index (χ4v) is 4.67. The number of likely N-dealkylation sites (tertiary alicyclic amines) is 1. The molecule has 3 heterocycles. The average molecular weight is 459 g/mol. The van der Waals surface area contributed by atoms with Crippen molar-refractivity contribution in [2.24, 2.45) is 5.92 Å². The summed E-state index contributed by atoms with van der Waals surface area (Å²) >= 11 is 0. The van der Waals surface area contributed by atoms with Crippen LogP contribution in [0.5, 0.6) is 11.5 Å². The van der Waals surface area contributed by atoms with E-state index in [4.69, 9.17) is 13.9 Å². The van der Waals surface area contributed by atoms with Gasteiger partial charge in [-0.1, -0.05) is 30.3 Å². The van der Waals surface area contributed by atoms with Gasteiger partial charge in [0.05, 0.1) is 12.1 Å². The van der Waals surface area contributed by atoms with Crippen LogP contribution in [0.2, 0.25) is 0 Å². The van der Waals surface area contributed by atoms with Crippen LogP contribution in [0.4, 0.5) is 0 Å². The number of para-hydroxylation sites is 1. The molecule has 2 aliphatic heterocycles. The Hall–Kier alpha value is -3.71. The number of ketones is 2. The lowest BCUT2D eigenvalue weighted by molar-refractivity contribution is -0.141. The molecule has 174 valence electrons. The fourth-order valence-electron chi connectivity index (χ4n) is 4.67. The zero-order valence-corrected chi connectivity index (χ0v) is 18.8. The van der Waals surface area contributed by atoms with E-state index in [0.29, 0.717) is 29.4 Å². The highest BCUT2D eigenvalue weighted by molar-refractivity contribution is 6.43. The number of Topliss-reactive ketones (excluding diaryl/α,β-unsaturated/α-hetero) is 2. The zero-order valence-electron chi connectivity index (χ0n) is 18.8. The van der Waals surface area contributed by atoms with E-state index in [2.05, 4.69) is 0 Å². The van der Waals surface area contributed by atoms with Gasteiger partial charge in [-0.25, -0.2) is 0 Å². The van der Waals surface area contributed by atoms with E-state index in [9.17, 15) is 14.4 Å². The molecule has 3 unspecified atom stereocenters. The molecule has 2 aliphatic rings. The van der Waals surface area contributed by atoms with Crippen molar-refractivity contribution in [1.82, 2.24) is 4.90 Å². The first-order valence-corrected chi connectivity index (χ1v) is 11.4. The normalized spacial score (nSPS) is 22.4. The van der Waals surface area contributed by atoms with Crippen molar-refractivity contribution in [3.05, 3.63) is 83.8 Å². The summed E-state index contributed by atoms with van der Waals surface area (Å²) in [5.41, 5.74) is 0.646. The van der Waals surface area contributed by atoms with Gasteiger partial charge in [0.15, 0.2) is 5.76 Å². The van der Waals surface area contributed by atoms with E-state index in [0.717, 1.165) is 12.8 Å². The van der Waals surface area contributed by atoms with Gasteiger partial charge in [-0.2, -0.15) is 0 Å². The molecule has 7 heteroatoms. The quantitative estimate of drug-likeness (QED) is 0.294. The van der Waals surface area contributed by atoms with Crippen molar-refractivity contribution in [1.29, 1.82) is 0 Å². The van der Waals surface area contributed by atoms with Crippen LogP contribution < -0.4 is 4.74 Å². The summed E-state index contributed by atoms with van der Waals surface area (Å²) < 4.78 is 17.2. The number of ether oxygens (including phenoxy) is 2. The van der Waals surface area contributed by atoms with Crippen LogP contribution in [0.3, 0.4) is 0 Å². The highest BCUT2D eigenvalue weighted by Gasteiger charge is 2.53. The Kier molecular flexibility index (Phi) is 6.02. The van der Waals surface area contributed by atoms with Gasteiger partial charge in [-0.05, 0) is 61.7 Å². The molecule has 0 N–H and O–H groups in total. The molecule has 1 aromatic heterocycles. The van der Waals surface area contributed by atoms with E-state index in [1.165, 1.54) is 4.90 Å². The first kappa shape index (κ1) is 22.1. The smallest absolute Gasteiger partial charge is 0.291 e. The van der Waals surface area contributed by atoms with Gasteiger partial charge in [0.1, 0.15) is 23.2 Å². The molecule has 34 heavy (non-hydrogen) atoms. The van der Waals surface area contributed by atoms with Crippen LogP contribution in [-0.2, 0) is 14.3 Å². The first-order chi connectivity index (χ1) is 16.5. The SMILES string of the molecule is Cc1ccc(C(=O)C2C(=O)C(=O)N(CC3CCCO3)C2c2cccc(Oc3ccccc3)c2)o1. The maximum Gasteiger partial charge on any atom is 0.291 e. The van der Waals surface area contributed by atoms with E-state index >= 15 is 0 Å². The average Bonchev–Trinajstić information content (AvgIpc) is 3.57. The van der Waals surface area contributed by atoms with Crippen LogP contribution >= 0.6 is 0 Å². The summed E-state index contributed by atoms with van der Waals surface area (Å²) in [6.07, 6.45) is 1.54. The van der Waals surface area contributed by atoms with Gasteiger partial charge in [0.2, 0.25) is 11.6 Å². The van der Waals surface area contributed by atoms with Crippen LogP contribution in [0.25, 0.3) is 0 Å². The number of nitrogens with zero attached hydrogens (tertiary/aromatic N) is 1. The Morgan fingerprint density at radius 2 is 1.82 bits per heavy atom. The molecule has 0 bridgehead atoms. The van der Waals surface area contributed by atoms with Gasteiger partial charge >= 0.3 is 0 Å². The highest BCUT2D eigenvalue weighted by atomic mass is 16.5. The third-order valence-corrected chi connectivity index (χ3v) is 6.27.